The lowest BCUT2D eigenvalue weighted by atomic mass is 10.1. The zero-order valence-electron chi connectivity index (χ0n) is 12.9. The third kappa shape index (κ3) is 3.32. The highest BCUT2D eigenvalue weighted by molar-refractivity contribution is 7.94. The molecule has 2 aromatic heterocycles. The highest BCUT2D eigenvalue weighted by Crippen LogP contribution is 2.33. The summed E-state index contributed by atoms with van der Waals surface area (Å²) in [6.45, 7) is 1.32. The molecule has 5 nitrogen and oxygen atoms in total. The van der Waals surface area contributed by atoms with Crippen molar-refractivity contribution in [1.82, 2.24) is 5.16 Å². The Morgan fingerprint density at radius 2 is 1.92 bits per heavy atom. The number of nitrogens with zero attached hydrogens (tertiary/aromatic N) is 1. The van der Waals surface area contributed by atoms with Gasteiger partial charge in [0.25, 0.3) is 0 Å². The van der Waals surface area contributed by atoms with Gasteiger partial charge in [-0.25, -0.2) is 8.42 Å². The smallest absolute Gasteiger partial charge is 0.198 e. The summed E-state index contributed by atoms with van der Waals surface area (Å²) in [6, 6.07) is 14.0. The Balaban J connectivity index is 1.93. The predicted octanol–water partition coefficient (Wildman–Crippen LogP) is 3.38. The number of rotatable bonds is 6. The van der Waals surface area contributed by atoms with Crippen LogP contribution in [0.2, 0.25) is 0 Å². The third-order valence-electron chi connectivity index (χ3n) is 3.63. The molecule has 3 rings (SSSR count). The number of Topliss-reactive ketones (excluding diaryl/α,β-unsaturated/α-hetero) is 1. The van der Waals surface area contributed by atoms with E-state index in [0.29, 0.717) is 10.6 Å². The van der Waals surface area contributed by atoms with E-state index in [1.165, 1.54) is 19.2 Å². The van der Waals surface area contributed by atoms with Gasteiger partial charge < -0.3 is 4.52 Å². The lowest BCUT2D eigenvalue weighted by molar-refractivity contribution is -0.116. The fourth-order valence-corrected chi connectivity index (χ4v) is 5.55. The minimum absolute atomic E-state index is 0.157. The maximum atomic E-state index is 12.9. The Morgan fingerprint density at radius 1 is 1.17 bits per heavy atom. The molecule has 3 aromatic rings. The molecule has 0 bridgehead atoms. The van der Waals surface area contributed by atoms with Crippen molar-refractivity contribution in [3.8, 4) is 10.6 Å². The van der Waals surface area contributed by atoms with E-state index in [9.17, 15) is 13.2 Å². The van der Waals surface area contributed by atoms with Crippen molar-refractivity contribution in [2.45, 2.75) is 22.8 Å². The quantitative estimate of drug-likeness (QED) is 0.673. The maximum Gasteiger partial charge on any atom is 0.198 e. The summed E-state index contributed by atoms with van der Waals surface area (Å²) in [5, 5.41) is 2.52. The van der Waals surface area contributed by atoms with Crippen molar-refractivity contribution >= 4 is 27.0 Å². The first-order valence-electron chi connectivity index (χ1n) is 7.27. The van der Waals surface area contributed by atoms with E-state index in [0.717, 1.165) is 16.9 Å². The first-order chi connectivity index (χ1) is 11.5. The van der Waals surface area contributed by atoms with E-state index < -0.39 is 15.1 Å². The molecule has 7 heteroatoms. The number of ketones is 1. The van der Waals surface area contributed by atoms with Gasteiger partial charge in [0.2, 0.25) is 0 Å². The fourth-order valence-electron chi connectivity index (χ4n) is 2.39. The molecule has 0 aliphatic heterocycles. The largest absolute Gasteiger partial charge is 0.355 e. The van der Waals surface area contributed by atoms with Crippen LogP contribution in [0.3, 0.4) is 0 Å². The van der Waals surface area contributed by atoms with E-state index in [4.69, 9.17) is 4.52 Å². The zero-order valence-corrected chi connectivity index (χ0v) is 14.5. The number of carbonyl (C=O) groups is 1. The van der Waals surface area contributed by atoms with Gasteiger partial charge in [0.05, 0.1) is 11.1 Å². The highest BCUT2D eigenvalue weighted by atomic mass is 32.2. The standard InChI is InChI=1S/C17H15NO4S2/c1-12(19)16(11-13-5-3-2-4-6-13)24(20,21)17-8-7-15(23-17)14-9-10-18-22-14/h2-10,16H,11H2,1H3/t16-/m0/s1. The van der Waals surface area contributed by atoms with Crippen LogP contribution in [0.1, 0.15) is 12.5 Å². The topological polar surface area (TPSA) is 77.2 Å². The SMILES string of the molecule is CC(=O)[C@H](Cc1ccccc1)S(=O)(=O)c1ccc(-c2ccno2)s1. The summed E-state index contributed by atoms with van der Waals surface area (Å²) in [4.78, 5) is 12.7. The van der Waals surface area contributed by atoms with E-state index in [1.54, 1.807) is 12.1 Å². The summed E-state index contributed by atoms with van der Waals surface area (Å²) in [6.07, 6.45) is 1.66. The van der Waals surface area contributed by atoms with Crippen LogP contribution in [-0.4, -0.2) is 24.6 Å². The summed E-state index contributed by atoms with van der Waals surface area (Å²) in [7, 11) is -3.76. The number of thiophene rings is 1. The predicted molar refractivity (Wildman–Crippen MR) is 91.6 cm³/mol. The van der Waals surface area contributed by atoms with Gasteiger partial charge in [0, 0.05) is 6.07 Å². The van der Waals surface area contributed by atoms with Crippen LogP contribution in [0.15, 0.2) is 63.5 Å². The number of aromatic nitrogens is 1. The molecular formula is C17H15NO4S2. The van der Waals surface area contributed by atoms with Crippen molar-refractivity contribution in [2.75, 3.05) is 0 Å². The fraction of sp³-hybridized carbons (Fsp3) is 0.176. The van der Waals surface area contributed by atoms with Crippen molar-refractivity contribution in [3.63, 3.8) is 0 Å². The average Bonchev–Trinajstić information content (AvgIpc) is 3.24. The number of benzene rings is 1. The Labute approximate surface area is 143 Å². The minimum atomic E-state index is -3.76. The number of hydrogen-bond donors (Lipinski definition) is 0. The summed E-state index contributed by atoms with van der Waals surface area (Å²) < 4.78 is 31.0. The van der Waals surface area contributed by atoms with Gasteiger partial charge in [0.1, 0.15) is 15.2 Å². The number of hydrogen-bond acceptors (Lipinski definition) is 6. The monoisotopic (exact) mass is 361 g/mol. The van der Waals surface area contributed by atoms with E-state index in [1.807, 2.05) is 30.3 Å². The van der Waals surface area contributed by atoms with Crippen LogP contribution in [0.4, 0.5) is 0 Å². The average molecular weight is 361 g/mol. The second-order valence-electron chi connectivity index (χ2n) is 5.33. The molecular weight excluding hydrogens is 346 g/mol. The summed E-state index contributed by atoms with van der Waals surface area (Å²) in [5.74, 6) is 0.136. The maximum absolute atomic E-state index is 12.9. The molecule has 0 fully saturated rings. The van der Waals surface area contributed by atoms with Crippen LogP contribution in [-0.2, 0) is 21.1 Å². The second-order valence-corrected chi connectivity index (χ2v) is 8.77. The van der Waals surface area contributed by atoms with Crippen LogP contribution in [0, 0.1) is 0 Å². The molecule has 24 heavy (non-hydrogen) atoms. The molecule has 0 spiro atoms. The molecule has 0 aliphatic carbocycles. The number of carbonyl (C=O) groups excluding carboxylic acids is 1. The van der Waals surface area contributed by atoms with Crippen LogP contribution >= 0.6 is 11.3 Å². The first kappa shape index (κ1) is 16.6. The van der Waals surface area contributed by atoms with Crippen molar-refractivity contribution in [1.29, 1.82) is 0 Å². The molecule has 0 radical (unpaired) electrons. The van der Waals surface area contributed by atoms with Gasteiger partial charge in [-0.05, 0) is 31.0 Å². The first-order valence-corrected chi connectivity index (χ1v) is 9.64. The number of sulfone groups is 1. The lowest BCUT2D eigenvalue weighted by Gasteiger charge is -2.13. The molecule has 0 saturated heterocycles. The van der Waals surface area contributed by atoms with Gasteiger partial charge in [0.15, 0.2) is 15.6 Å². The third-order valence-corrected chi connectivity index (χ3v) is 7.42. The normalized spacial score (nSPS) is 12.9. The van der Waals surface area contributed by atoms with Gasteiger partial charge in [-0.2, -0.15) is 0 Å². The van der Waals surface area contributed by atoms with Gasteiger partial charge in [-0.3, -0.25) is 4.79 Å². The van der Waals surface area contributed by atoms with Crippen LogP contribution in [0.25, 0.3) is 10.6 Å². The molecule has 0 saturated carbocycles. The highest BCUT2D eigenvalue weighted by Gasteiger charge is 2.33. The summed E-state index contributed by atoms with van der Waals surface area (Å²) in [5.41, 5.74) is 0.813. The van der Waals surface area contributed by atoms with E-state index in [2.05, 4.69) is 5.16 Å². The lowest BCUT2D eigenvalue weighted by Crippen LogP contribution is -2.30. The molecule has 1 atom stereocenters. The van der Waals surface area contributed by atoms with Crippen LogP contribution in [0.5, 0.6) is 0 Å². The Bertz CT molecular complexity index is 928. The van der Waals surface area contributed by atoms with Gasteiger partial charge >= 0.3 is 0 Å². The molecule has 124 valence electrons. The molecule has 0 N–H and O–H groups in total. The molecule has 1 aromatic carbocycles. The summed E-state index contributed by atoms with van der Waals surface area (Å²) >= 11 is 1.08. The van der Waals surface area contributed by atoms with Crippen LogP contribution < -0.4 is 0 Å². The molecule has 0 amide bonds. The molecule has 0 unspecified atom stereocenters. The van der Waals surface area contributed by atoms with Crippen molar-refractivity contribution in [3.05, 3.63) is 60.3 Å². The van der Waals surface area contributed by atoms with Gasteiger partial charge in [-0.15, -0.1) is 11.3 Å². The Hall–Kier alpha value is -2.25. The Kier molecular flexibility index (Phi) is 4.64. The molecule has 0 aliphatic rings. The van der Waals surface area contributed by atoms with Crippen molar-refractivity contribution < 1.29 is 17.7 Å². The van der Waals surface area contributed by atoms with E-state index >= 15 is 0 Å². The second kappa shape index (κ2) is 6.70. The Morgan fingerprint density at radius 3 is 2.54 bits per heavy atom. The van der Waals surface area contributed by atoms with Crippen molar-refractivity contribution in [2.24, 2.45) is 0 Å². The van der Waals surface area contributed by atoms with E-state index in [-0.39, 0.29) is 16.4 Å². The van der Waals surface area contributed by atoms with Gasteiger partial charge in [-0.1, -0.05) is 35.5 Å². The molecule has 2 heterocycles. The minimum Gasteiger partial charge on any atom is -0.355 e. The zero-order chi connectivity index (χ0) is 17.2.